The third-order valence-electron chi connectivity index (χ3n) is 2.33. The molecule has 0 aliphatic rings. The molecule has 0 aliphatic heterocycles. The van der Waals surface area contributed by atoms with Crippen LogP contribution in [0.2, 0.25) is 0 Å². The van der Waals surface area contributed by atoms with E-state index in [1.165, 1.54) is 12.1 Å². The van der Waals surface area contributed by atoms with Crippen molar-refractivity contribution in [2.45, 2.75) is 13.0 Å². The molecule has 0 aliphatic carbocycles. The lowest BCUT2D eigenvalue weighted by atomic mass is 10.0. The number of benzene rings is 1. The zero-order chi connectivity index (χ0) is 12.4. The summed E-state index contributed by atoms with van der Waals surface area (Å²) in [4.78, 5) is 0.734. The van der Waals surface area contributed by atoms with Gasteiger partial charge < -0.3 is 0 Å². The molecule has 90 valence electrons. The van der Waals surface area contributed by atoms with Crippen LogP contribution in [0.25, 0.3) is 0 Å². The van der Waals surface area contributed by atoms with Gasteiger partial charge in [-0.1, -0.05) is 4.49 Å². The van der Waals surface area contributed by atoms with E-state index in [1.54, 1.807) is 6.92 Å². The number of hydrazine groups is 1. The maximum atomic E-state index is 13.1. The topological polar surface area (TPSA) is 63.8 Å². The fourth-order valence-electron chi connectivity index (χ4n) is 1.57. The van der Waals surface area contributed by atoms with E-state index in [4.69, 9.17) is 5.84 Å². The summed E-state index contributed by atoms with van der Waals surface area (Å²) in [6.45, 7) is 1.76. The largest absolute Gasteiger partial charge is 0.271 e. The maximum absolute atomic E-state index is 13.1. The molecule has 2 aromatic rings. The van der Waals surface area contributed by atoms with Gasteiger partial charge in [-0.25, -0.2) is 14.2 Å². The van der Waals surface area contributed by atoms with Gasteiger partial charge in [0.25, 0.3) is 0 Å². The highest BCUT2D eigenvalue weighted by atomic mass is 32.1. The second kappa shape index (κ2) is 4.82. The Balaban J connectivity index is 2.45. The predicted octanol–water partition coefficient (Wildman–Crippen LogP) is 1.68. The van der Waals surface area contributed by atoms with E-state index in [1.807, 2.05) is 0 Å². The average Bonchev–Trinajstić information content (AvgIpc) is 2.65. The average molecular weight is 256 g/mol. The van der Waals surface area contributed by atoms with Crippen LogP contribution in [0.15, 0.2) is 18.2 Å². The van der Waals surface area contributed by atoms with Gasteiger partial charge in [0, 0.05) is 6.07 Å². The maximum Gasteiger partial charge on any atom is 0.126 e. The highest BCUT2D eigenvalue weighted by Crippen LogP contribution is 2.26. The Labute approximate surface area is 101 Å². The first-order valence-electron chi connectivity index (χ1n) is 4.83. The first-order valence-corrected chi connectivity index (χ1v) is 5.60. The van der Waals surface area contributed by atoms with Crippen LogP contribution in [0.5, 0.6) is 0 Å². The fraction of sp³-hybridized carbons (Fsp3) is 0.200. The predicted molar refractivity (Wildman–Crippen MR) is 60.2 cm³/mol. The third kappa shape index (κ3) is 2.46. The lowest BCUT2D eigenvalue weighted by Gasteiger charge is -2.14. The summed E-state index contributed by atoms with van der Waals surface area (Å²) in [5.41, 5.74) is 3.60. The smallest absolute Gasteiger partial charge is 0.126 e. The molecule has 0 amide bonds. The minimum atomic E-state index is -0.643. The molecule has 0 bridgehead atoms. The lowest BCUT2D eigenvalue weighted by molar-refractivity contribution is 0.567. The minimum absolute atomic E-state index is 0.402. The molecular weight excluding hydrogens is 246 g/mol. The van der Waals surface area contributed by atoms with Crippen LogP contribution < -0.4 is 11.3 Å². The molecular formula is C10H10F2N4S. The molecule has 0 radical (unpaired) electrons. The highest BCUT2D eigenvalue weighted by molar-refractivity contribution is 7.05. The second-order valence-electron chi connectivity index (χ2n) is 3.53. The monoisotopic (exact) mass is 256 g/mol. The summed E-state index contributed by atoms with van der Waals surface area (Å²) in [5.74, 6) is 4.13. The Morgan fingerprint density at radius 3 is 2.41 bits per heavy atom. The molecule has 0 saturated carbocycles. The van der Waals surface area contributed by atoms with E-state index in [0.717, 1.165) is 22.5 Å². The zero-order valence-corrected chi connectivity index (χ0v) is 9.76. The Morgan fingerprint density at radius 1 is 1.29 bits per heavy atom. The normalized spacial score (nSPS) is 12.7. The molecule has 1 heterocycles. The number of nitrogens with two attached hydrogens (primary N) is 1. The molecule has 1 aromatic heterocycles. The lowest BCUT2D eigenvalue weighted by Crippen LogP contribution is -2.28. The molecule has 1 aromatic carbocycles. The van der Waals surface area contributed by atoms with Crippen molar-refractivity contribution in [2.75, 3.05) is 0 Å². The SMILES string of the molecule is Cc1nnsc1C(NN)c1cc(F)cc(F)c1. The Kier molecular flexibility index (Phi) is 3.41. The standard InChI is InChI=1S/C10H10F2N4S/c1-5-10(17-16-15-5)9(14-13)6-2-7(11)4-8(12)3-6/h2-4,9,14H,13H2,1H3. The summed E-state index contributed by atoms with van der Waals surface area (Å²) in [5, 5.41) is 3.84. The van der Waals surface area contributed by atoms with Crippen LogP contribution in [0, 0.1) is 18.6 Å². The van der Waals surface area contributed by atoms with Gasteiger partial charge in [-0.15, -0.1) is 5.10 Å². The summed E-state index contributed by atoms with van der Waals surface area (Å²) >= 11 is 1.14. The van der Waals surface area contributed by atoms with Gasteiger partial charge >= 0.3 is 0 Å². The van der Waals surface area contributed by atoms with Crippen LogP contribution in [0.1, 0.15) is 22.2 Å². The molecule has 7 heteroatoms. The molecule has 1 atom stereocenters. The Bertz CT molecular complexity index is 509. The van der Waals surface area contributed by atoms with Crippen molar-refractivity contribution in [1.29, 1.82) is 0 Å². The number of aryl methyl sites for hydroxylation is 1. The molecule has 17 heavy (non-hydrogen) atoms. The Morgan fingerprint density at radius 2 is 1.94 bits per heavy atom. The summed E-state index contributed by atoms with van der Waals surface area (Å²) < 4.78 is 30.0. The number of hydrogen-bond acceptors (Lipinski definition) is 5. The second-order valence-corrected chi connectivity index (χ2v) is 4.31. The molecule has 0 saturated heterocycles. The quantitative estimate of drug-likeness (QED) is 0.648. The van der Waals surface area contributed by atoms with E-state index in [2.05, 4.69) is 15.0 Å². The molecule has 2 rings (SSSR count). The minimum Gasteiger partial charge on any atom is -0.271 e. The summed E-state index contributed by atoms with van der Waals surface area (Å²) in [6, 6.07) is 2.76. The van der Waals surface area contributed by atoms with Gasteiger partial charge in [0.2, 0.25) is 0 Å². The highest BCUT2D eigenvalue weighted by Gasteiger charge is 2.19. The molecule has 0 fully saturated rings. The van der Waals surface area contributed by atoms with E-state index in [9.17, 15) is 8.78 Å². The number of nitrogens with zero attached hydrogens (tertiary/aromatic N) is 2. The first kappa shape index (κ1) is 12.0. The number of hydrogen-bond donors (Lipinski definition) is 2. The molecule has 4 nitrogen and oxygen atoms in total. The van der Waals surface area contributed by atoms with Crippen molar-refractivity contribution >= 4 is 11.5 Å². The van der Waals surface area contributed by atoms with Gasteiger partial charge in [0.1, 0.15) is 11.6 Å². The molecule has 1 unspecified atom stereocenters. The Hall–Kier alpha value is -1.44. The van der Waals surface area contributed by atoms with E-state index in [0.29, 0.717) is 11.3 Å². The van der Waals surface area contributed by atoms with Crippen LogP contribution in [0.4, 0.5) is 8.78 Å². The van der Waals surface area contributed by atoms with Crippen molar-refractivity contribution in [3.63, 3.8) is 0 Å². The summed E-state index contributed by atoms with van der Waals surface area (Å²) in [6.07, 6.45) is 0. The summed E-state index contributed by atoms with van der Waals surface area (Å²) in [7, 11) is 0. The first-order chi connectivity index (χ1) is 8.11. The van der Waals surface area contributed by atoms with Crippen LogP contribution >= 0.6 is 11.5 Å². The van der Waals surface area contributed by atoms with Crippen LogP contribution in [-0.2, 0) is 0 Å². The zero-order valence-electron chi connectivity index (χ0n) is 8.95. The van der Waals surface area contributed by atoms with Gasteiger partial charge in [-0.3, -0.25) is 5.84 Å². The van der Waals surface area contributed by atoms with Crippen LogP contribution in [0.3, 0.4) is 0 Å². The fourth-order valence-corrected chi connectivity index (χ4v) is 2.30. The van der Waals surface area contributed by atoms with E-state index >= 15 is 0 Å². The van der Waals surface area contributed by atoms with Crippen molar-refractivity contribution < 1.29 is 8.78 Å². The van der Waals surface area contributed by atoms with Gasteiger partial charge in [-0.2, -0.15) is 0 Å². The van der Waals surface area contributed by atoms with Crippen molar-refractivity contribution in [1.82, 2.24) is 15.0 Å². The molecule has 3 N–H and O–H groups in total. The van der Waals surface area contributed by atoms with E-state index < -0.39 is 17.7 Å². The van der Waals surface area contributed by atoms with Crippen molar-refractivity contribution in [3.05, 3.63) is 46.0 Å². The van der Waals surface area contributed by atoms with Gasteiger partial charge in [0.15, 0.2) is 0 Å². The van der Waals surface area contributed by atoms with Crippen LogP contribution in [-0.4, -0.2) is 9.59 Å². The third-order valence-corrected chi connectivity index (χ3v) is 3.22. The number of halogens is 2. The van der Waals surface area contributed by atoms with E-state index in [-0.39, 0.29) is 0 Å². The number of rotatable bonds is 3. The van der Waals surface area contributed by atoms with Gasteiger partial charge in [-0.05, 0) is 36.2 Å². The number of aromatic nitrogens is 2. The molecule has 0 spiro atoms. The van der Waals surface area contributed by atoms with Crippen molar-refractivity contribution in [3.8, 4) is 0 Å². The van der Waals surface area contributed by atoms with Crippen molar-refractivity contribution in [2.24, 2.45) is 5.84 Å². The number of nitrogens with one attached hydrogen (secondary N) is 1. The van der Waals surface area contributed by atoms with Gasteiger partial charge in [0.05, 0.1) is 16.6 Å².